The molecule has 0 spiro atoms. The van der Waals surface area contributed by atoms with Crippen LogP contribution < -0.4 is 43.8 Å². The van der Waals surface area contributed by atoms with Gasteiger partial charge in [0.2, 0.25) is 34.7 Å². The van der Waals surface area contributed by atoms with Gasteiger partial charge in [-0.05, 0) is 129 Å². The van der Waals surface area contributed by atoms with Crippen molar-refractivity contribution in [1.29, 1.82) is 0 Å². The largest absolute Gasteiger partial charge is 0.492 e. The highest BCUT2D eigenvalue weighted by atomic mass is 16.6. The van der Waals surface area contributed by atoms with Gasteiger partial charge in [-0.15, -0.1) is 6.58 Å². The number of nitrogens with two attached hydrogens (primary N) is 3. The summed E-state index contributed by atoms with van der Waals surface area (Å²) in [5.41, 5.74) is 19.1. The first kappa shape index (κ1) is 107. The third-order valence-electron chi connectivity index (χ3n) is 21.8. The fourth-order valence-electron chi connectivity index (χ4n) is 14.9. The van der Waals surface area contributed by atoms with E-state index in [0.29, 0.717) is 49.1 Å². The van der Waals surface area contributed by atoms with Crippen LogP contribution >= 0.6 is 0 Å². The zero-order valence-electron chi connectivity index (χ0n) is 76.2. The van der Waals surface area contributed by atoms with Crippen LogP contribution in [-0.4, -0.2) is 248 Å². The summed E-state index contributed by atoms with van der Waals surface area (Å²) in [4.78, 5) is 156. The van der Waals surface area contributed by atoms with Gasteiger partial charge in [-0.25, -0.2) is 14.4 Å². The van der Waals surface area contributed by atoms with Crippen molar-refractivity contribution in [3.8, 4) is 0 Å². The van der Waals surface area contributed by atoms with Crippen LogP contribution in [0.2, 0.25) is 0 Å². The first-order valence-electron chi connectivity index (χ1n) is 41.4. The first-order valence-corrected chi connectivity index (χ1v) is 41.4. The summed E-state index contributed by atoms with van der Waals surface area (Å²) in [5.74, 6) is -6.59. The second-order valence-corrected chi connectivity index (χ2v) is 32.4. The molecule has 14 N–H and O–H groups in total. The maximum Gasteiger partial charge on any atom is 0.405 e. The van der Waals surface area contributed by atoms with Crippen molar-refractivity contribution < 1.29 is 120 Å². The summed E-state index contributed by atoms with van der Waals surface area (Å²) in [7, 11) is 13.9. The van der Waals surface area contributed by atoms with Crippen molar-refractivity contribution in [2.45, 2.75) is 195 Å². The molecule has 3 heterocycles. The van der Waals surface area contributed by atoms with E-state index in [2.05, 4.69) is 33.2 Å². The SMILES string of the molecule is C=CCNC1=C2CC(C)CC(OC)C(O)C(C)/C=C(\C)C(OC(N)=O)C(OC)/C=C\C=C(/C)C(=O)NC(=CC1=O)C2=O.COC1/C=C\C=C(/C)C(=O)NC2=CC(=O)C(NCCN(C)C)=C(CC(C)CC(OC)C(O)C(C)/C=C(\C)C1OC(N)=O)C2=O.COC1=C2CC(C)CC(OC)C(O)C(C)/C=C(\C)C(OC(N)=O)C(OC)/C=C\C=C(/C)C(=O)NC(=CC1=O)C2=O. The minimum absolute atomic E-state index is 0.0801. The highest BCUT2D eigenvalue weighted by Crippen LogP contribution is 2.34. The van der Waals surface area contributed by atoms with E-state index in [9.17, 15) is 72.9 Å². The molecule has 18 unspecified atom stereocenters. The van der Waals surface area contributed by atoms with Gasteiger partial charge in [0.1, 0.15) is 18.3 Å². The Balaban J connectivity index is 0.000000397. The second kappa shape index (κ2) is 52.3. The molecule has 0 radical (unpaired) electrons. The highest BCUT2D eigenvalue weighted by Gasteiger charge is 2.39. The predicted molar refractivity (Wildman–Crippen MR) is 470 cm³/mol. The normalized spacial score (nSPS) is 31.7. The number of rotatable bonds is 17. The van der Waals surface area contributed by atoms with E-state index in [4.69, 9.17) is 64.6 Å². The van der Waals surface area contributed by atoms with E-state index >= 15 is 0 Å². The number of likely N-dealkylation sites (N-methyl/N-ethyl adjacent to an activating group) is 1. The number of nitrogens with zero attached hydrogens (tertiary/aromatic N) is 1. The molecule has 0 saturated carbocycles. The molecule has 34 heteroatoms. The zero-order valence-corrected chi connectivity index (χ0v) is 76.2. The van der Waals surface area contributed by atoms with Crippen LogP contribution in [0.3, 0.4) is 0 Å². The molecule has 0 saturated heterocycles. The molecule has 0 fully saturated rings. The molecule has 18 atom stereocenters. The van der Waals surface area contributed by atoms with Gasteiger partial charge in [-0.3, -0.25) is 43.2 Å². The Bertz CT molecular complexity index is 4470. The Kier molecular flexibility index (Phi) is 44.5. The number of hydrogen-bond acceptors (Lipinski definition) is 28. The van der Waals surface area contributed by atoms with Crippen molar-refractivity contribution in [1.82, 2.24) is 31.5 Å². The van der Waals surface area contributed by atoms with Crippen LogP contribution in [0, 0.1) is 35.5 Å². The van der Waals surface area contributed by atoms with Crippen molar-refractivity contribution in [3.05, 3.63) is 188 Å². The third-order valence-corrected chi connectivity index (χ3v) is 21.8. The van der Waals surface area contributed by atoms with Crippen molar-refractivity contribution in [3.63, 3.8) is 0 Å². The number of Topliss-reactive ketones (excluding diaryl/α,β-unsaturated/α-hetero) is 3. The fourth-order valence-corrected chi connectivity index (χ4v) is 14.9. The molecule has 3 aliphatic carbocycles. The van der Waals surface area contributed by atoms with Gasteiger partial charge < -0.3 is 111 Å². The highest BCUT2D eigenvalue weighted by molar-refractivity contribution is 6.25. The topological polar surface area (TPSA) is 499 Å². The molecule has 0 aromatic rings. The van der Waals surface area contributed by atoms with Gasteiger partial charge >= 0.3 is 18.3 Å². The number of allylic oxidation sites excluding steroid dienone is 12. The molecular weight excluding hydrogens is 1630 g/mol. The van der Waals surface area contributed by atoms with E-state index < -0.39 is 162 Å². The van der Waals surface area contributed by atoms with Gasteiger partial charge in [0.05, 0.1) is 72.2 Å². The number of carbonyl (C=O) groups is 12. The Morgan fingerprint density at radius 1 is 0.460 bits per heavy atom. The predicted octanol–water partition coefficient (Wildman–Crippen LogP) is 6.86. The Morgan fingerprint density at radius 3 is 1.03 bits per heavy atom. The van der Waals surface area contributed by atoms with Crippen LogP contribution in [0.4, 0.5) is 14.4 Å². The van der Waals surface area contributed by atoms with Gasteiger partial charge in [0.15, 0.2) is 24.1 Å². The molecule has 6 bridgehead atoms. The monoisotopic (exact) mass is 1760 g/mol. The van der Waals surface area contributed by atoms with E-state index in [1.54, 1.807) is 109 Å². The Morgan fingerprint density at radius 2 is 0.754 bits per heavy atom. The molecular formula is C92H131N9O25. The summed E-state index contributed by atoms with van der Waals surface area (Å²) in [6.45, 7) is 25.9. The lowest BCUT2D eigenvalue weighted by Gasteiger charge is -2.30. The average molecular weight is 1760 g/mol. The number of methoxy groups -OCH3 is 7. The molecule has 694 valence electrons. The van der Waals surface area contributed by atoms with E-state index in [1.165, 1.54) is 74.9 Å². The lowest BCUT2D eigenvalue weighted by atomic mass is 9.85. The smallest absolute Gasteiger partial charge is 0.405 e. The number of aliphatic hydroxyl groups excluding tert-OH is 3. The van der Waals surface area contributed by atoms with Crippen molar-refractivity contribution in [2.24, 2.45) is 52.7 Å². The number of hydrogen-bond donors (Lipinski definition) is 11. The molecule has 34 nitrogen and oxygen atoms in total. The Labute approximate surface area is 738 Å². The third kappa shape index (κ3) is 31.9. The Hall–Kier alpha value is -10.9. The van der Waals surface area contributed by atoms with Gasteiger partial charge in [0, 0.05) is 132 Å². The quantitative estimate of drug-likeness (QED) is 0.0402. The van der Waals surface area contributed by atoms with Gasteiger partial charge in [-0.2, -0.15) is 0 Å². The summed E-state index contributed by atoms with van der Waals surface area (Å²) in [6, 6.07) is 0. The van der Waals surface area contributed by atoms with Crippen LogP contribution in [-0.2, 0) is 90.5 Å². The number of nitrogens with one attached hydrogen (secondary N) is 5. The van der Waals surface area contributed by atoms with E-state index in [-0.39, 0.29) is 111 Å². The minimum Gasteiger partial charge on any atom is -0.492 e. The van der Waals surface area contributed by atoms with Crippen LogP contribution in [0.5, 0.6) is 0 Å². The summed E-state index contributed by atoms with van der Waals surface area (Å²) < 4.78 is 54.9. The van der Waals surface area contributed by atoms with Crippen LogP contribution in [0.15, 0.2) is 188 Å². The number of amides is 6. The van der Waals surface area contributed by atoms with Gasteiger partial charge in [-0.1, -0.05) is 121 Å². The summed E-state index contributed by atoms with van der Waals surface area (Å²) in [5, 5.41) is 47.4. The number of fused-ring (bicyclic) bond motifs is 6. The lowest BCUT2D eigenvalue weighted by Crippen LogP contribution is -2.38. The lowest BCUT2D eigenvalue weighted by molar-refractivity contribution is -0.121. The number of aliphatic hydroxyl groups is 3. The maximum absolute atomic E-state index is 13.7. The van der Waals surface area contributed by atoms with E-state index in [1.807, 2.05) is 46.7 Å². The number of ether oxygens (including phenoxy) is 10. The standard InChI is InChI=1S/C32H48N4O8.C31H43N3O8.C29H40N2O9/c1-18-14-22-27(34-12-13-36(5)6)24(37)17-23(29(22)39)35-31(40)19(2)10-9-11-25(42-7)30(44-32(33)41)21(4)16-20(3)28(38)26(15-18)43-8;1-8-12-33-26-21-13-17(2)14-25(41-7)27(36)19(4)15-20(5)29(42-31(32)39)24(40-6)11-9-10-18(3)30(38)34-22(28(21)37)16-23(26)35;1-15-11-19-25(34)20(14-21(32)27(19)39-7)31-28(35)16(2)9-8-10-22(37-5)26(40-29(30)36)18(4)13-17(3)24(33)23(12-15)38-6/h9-11,16-18,20,25-26,28,30,34,38H,12-15H2,1-8H3,(H2,33,41)(H,35,40);8-11,15-17,19,24-25,27,29,33,36H,1,12-14H2,2-7H3,(H2,32,39)(H,34,38);8-10,13-15,17,22-24,26,33H,11-12H2,1-7H3,(H2,30,36)(H,31,35)/b11-9-,19-10+,21-16+;11-9-,18-10+,20-15+;10-8-,16-9+,18-13+. The average Bonchev–Trinajstić information content (AvgIpc) is 0.861. The number of primary amides is 3. The summed E-state index contributed by atoms with van der Waals surface area (Å²) >= 11 is 0. The zero-order chi connectivity index (χ0) is 94.8. The van der Waals surface area contributed by atoms with Crippen molar-refractivity contribution in [2.75, 3.05) is 83.5 Å². The first-order chi connectivity index (χ1) is 59.4. The fraction of sp³-hybridized carbons (Fsp3) is 0.522. The second-order valence-electron chi connectivity index (χ2n) is 32.4. The van der Waals surface area contributed by atoms with Crippen LogP contribution in [0.1, 0.15) is 122 Å². The molecule has 0 aromatic carbocycles. The minimum atomic E-state index is -1.00. The molecule has 126 heavy (non-hydrogen) atoms. The summed E-state index contributed by atoms with van der Waals surface area (Å²) in [6.07, 6.45) is 12.8. The van der Waals surface area contributed by atoms with Crippen molar-refractivity contribution >= 4 is 70.7 Å². The van der Waals surface area contributed by atoms with Crippen LogP contribution in [0.25, 0.3) is 0 Å². The molecule has 0 aromatic heterocycles. The maximum atomic E-state index is 13.7. The molecule has 6 aliphatic rings. The molecule has 3 aliphatic heterocycles. The number of carbonyl (C=O) groups excluding carboxylic acids is 12. The molecule has 6 rings (SSSR count). The molecule has 6 amide bonds. The van der Waals surface area contributed by atoms with Gasteiger partial charge in [0.25, 0.3) is 17.7 Å². The number of ketones is 6. The van der Waals surface area contributed by atoms with E-state index in [0.717, 1.165) is 18.2 Å².